The molecule has 0 amide bonds. The SMILES string of the molecule is CC.CC.CC.CCc1ccc(-c2ccc(CC)cc2)cc1.c1ccccc1. The normalized spacial score (nSPS) is 8.29. The Morgan fingerprint density at radius 1 is 0.393 bits per heavy atom. The molecule has 0 bridgehead atoms. The molecule has 0 aliphatic rings. The van der Waals surface area contributed by atoms with Crippen molar-refractivity contribution in [2.45, 2.75) is 68.2 Å². The first-order chi connectivity index (χ1) is 13.8. The molecular weight excluding hydrogens is 336 g/mol. The first-order valence-corrected chi connectivity index (χ1v) is 11.0. The molecule has 0 nitrogen and oxygen atoms in total. The van der Waals surface area contributed by atoms with Crippen LogP contribution in [-0.4, -0.2) is 0 Å². The molecule has 0 saturated carbocycles. The number of hydrogen-bond donors (Lipinski definition) is 0. The Balaban J connectivity index is 0. The minimum Gasteiger partial charge on any atom is -0.0683 e. The number of rotatable bonds is 3. The Bertz CT molecular complexity index is 562. The first kappa shape index (κ1) is 27.9. The van der Waals surface area contributed by atoms with Crippen LogP contribution in [0.2, 0.25) is 0 Å². The number of hydrogen-bond acceptors (Lipinski definition) is 0. The van der Waals surface area contributed by atoms with Crippen molar-refractivity contribution < 1.29 is 0 Å². The maximum atomic E-state index is 2.21. The summed E-state index contributed by atoms with van der Waals surface area (Å²) in [4.78, 5) is 0. The van der Waals surface area contributed by atoms with Gasteiger partial charge in [0.15, 0.2) is 0 Å². The van der Waals surface area contributed by atoms with Crippen LogP contribution in [0.4, 0.5) is 0 Å². The average molecular weight is 379 g/mol. The summed E-state index contributed by atoms with van der Waals surface area (Å²) in [6.07, 6.45) is 2.21. The van der Waals surface area contributed by atoms with E-state index >= 15 is 0 Å². The summed E-state index contributed by atoms with van der Waals surface area (Å²) >= 11 is 0. The Morgan fingerprint density at radius 3 is 0.786 bits per heavy atom. The molecule has 0 aliphatic carbocycles. The number of benzene rings is 3. The fourth-order valence-corrected chi connectivity index (χ4v) is 2.25. The van der Waals surface area contributed by atoms with Crippen molar-refractivity contribution in [3.63, 3.8) is 0 Å². The van der Waals surface area contributed by atoms with E-state index in [1.54, 1.807) is 0 Å². The standard InChI is InChI=1S/C16H18.C6H6.3C2H6/c1-3-13-5-9-15(10-6-13)16-11-7-14(4-2)8-12-16;1-2-4-6-5-3-1;3*1-2/h5-12H,3-4H2,1-2H3;1-6H;3*1-2H3. The lowest BCUT2D eigenvalue weighted by Gasteiger charge is -2.04. The van der Waals surface area contributed by atoms with Gasteiger partial charge in [-0.3, -0.25) is 0 Å². The predicted molar refractivity (Wildman–Crippen MR) is 131 cm³/mol. The molecule has 0 radical (unpaired) electrons. The van der Waals surface area contributed by atoms with Gasteiger partial charge in [-0.05, 0) is 35.1 Å². The highest BCUT2D eigenvalue weighted by molar-refractivity contribution is 5.63. The van der Waals surface area contributed by atoms with Crippen molar-refractivity contribution in [1.29, 1.82) is 0 Å². The molecule has 3 aromatic carbocycles. The third-order valence-electron chi connectivity index (χ3n) is 3.72. The predicted octanol–water partition coefficient (Wildman–Crippen LogP) is 9.24. The van der Waals surface area contributed by atoms with E-state index in [1.807, 2.05) is 77.9 Å². The lowest BCUT2D eigenvalue weighted by Crippen LogP contribution is -1.83. The second-order valence-electron chi connectivity index (χ2n) is 5.26. The van der Waals surface area contributed by atoms with Crippen LogP contribution in [0, 0.1) is 0 Å². The molecule has 0 heterocycles. The highest BCUT2D eigenvalue weighted by Crippen LogP contribution is 2.20. The van der Waals surface area contributed by atoms with Gasteiger partial charge in [0.25, 0.3) is 0 Å². The largest absolute Gasteiger partial charge is 0.0683 e. The molecule has 0 aromatic heterocycles. The van der Waals surface area contributed by atoms with Crippen molar-refractivity contribution >= 4 is 0 Å². The van der Waals surface area contributed by atoms with E-state index in [-0.39, 0.29) is 0 Å². The van der Waals surface area contributed by atoms with Crippen molar-refractivity contribution in [2.24, 2.45) is 0 Å². The van der Waals surface area contributed by atoms with Crippen LogP contribution >= 0.6 is 0 Å². The summed E-state index contributed by atoms with van der Waals surface area (Å²) in [5, 5.41) is 0. The van der Waals surface area contributed by atoms with Crippen LogP contribution in [0.5, 0.6) is 0 Å². The van der Waals surface area contributed by atoms with Gasteiger partial charge in [-0.25, -0.2) is 0 Å². The molecular formula is C28H42. The number of aryl methyl sites for hydroxylation is 2. The lowest BCUT2D eigenvalue weighted by molar-refractivity contribution is 1.14. The molecule has 3 aromatic rings. The highest BCUT2D eigenvalue weighted by Gasteiger charge is 1.97. The fraction of sp³-hybridized carbons (Fsp3) is 0.357. The molecule has 0 unspecified atom stereocenters. The van der Waals surface area contributed by atoms with Crippen LogP contribution in [-0.2, 0) is 12.8 Å². The van der Waals surface area contributed by atoms with Crippen LogP contribution in [0.3, 0.4) is 0 Å². The summed E-state index contributed by atoms with van der Waals surface area (Å²) in [6.45, 7) is 16.4. The second-order valence-corrected chi connectivity index (χ2v) is 5.26. The molecule has 0 aliphatic heterocycles. The van der Waals surface area contributed by atoms with E-state index in [9.17, 15) is 0 Å². The molecule has 28 heavy (non-hydrogen) atoms. The van der Waals surface area contributed by atoms with E-state index in [0.717, 1.165) is 12.8 Å². The fourth-order valence-electron chi connectivity index (χ4n) is 2.25. The van der Waals surface area contributed by atoms with Crippen LogP contribution < -0.4 is 0 Å². The lowest BCUT2D eigenvalue weighted by atomic mass is 10.0. The van der Waals surface area contributed by atoms with E-state index in [0.29, 0.717) is 0 Å². The summed E-state index contributed by atoms with van der Waals surface area (Å²) < 4.78 is 0. The van der Waals surface area contributed by atoms with E-state index in [4.69, 9.17) is 0 Å². The highest BCUT2D eigenvalue weighted by atomic mass is 14.0. The third kappa shape index (κ3) is 12.1. The smallest absolute Gasteiger partial charge is 0.0184 e. The van der Waals surface area contributed by atoms with Crippen molar-refractivity contribution in [3.8, 4) is 11.1 Å². The van der Waals surface area contributed by atoms with E-state index < -0.39 is 0 Å². The van der Waals surface area contributed by atoms with Crippen LogP contribution in [0.15, 0.2) is 84.9 Å². The summed E-state index contributed by atoms with van der Waals surface area (Å²) in [5.74, 6) is 0. The van der Waals surface area contributed by atoms with Crippen molar-refractivity contribution in [1.82, 2.24) is 0 Å². The van der Waals surface area contributed by atoms with Gasteiger partial charge >= 0.3 is 0 Å². The quantitative estimate of drug-likeness (QED) is 0.426. The molecule has 0 atom stereocenters. The Morgan fingerprint density at radius 2 is 0.607 bits per heavy atom. The van der Waals surface area contributed by atoms with Gasteiger partial charge in [0.2, 0.25) is 0 Å². The van der Waals surface area contributed by atoms with Crippen molar-refractivity contribution in [3.05, 3.63) is 96.1 Å². The molecule has 0 spiro atoms. The van der Waals surface area contributed by atoms with E-state index in [1.165, 1.54) is 22.3 Å². The Kier molecular flexibility index (Phi) is 20.9. The summed E-state index contributed by atoms with van der Waals surface area (Å²) in [6, 6.07) is 29.7. The summed E-state index contributed by atoms with van der Waals surface area (Å²) in [5.41, 5.74) is 5.41. The topological polar surface area (TPSA) is 0 Å². The zero-order valence-electron chi connectivity index (χ0n) is 19.5. The maximum Gasteiger partial charge on any atom is -0.0184 e. The molecule has 0 heteroatoms. The maximum absolute atomic E-state index is 2.21. The molecule has 3 rings (SSSR count). The van der Waals surface area contributed by atoms with Crippen LogP contribution in [0.1, 0.15) is 66.5 Å². The summed E-state index contributed by atoms with van der Waals surface area (Å²) in [7, 11) is 0. The zero-order valence-corrected chi connectivity index (χ0v) is 19.5. The molecule has 0 N–H and O–H groups in total. The molecule has 154 valence electrons. The second kappa shape index (κ2) is 21.0. The van der Waals surface area contributed by atoms with Gasteiger partial charge in [0.05, 0.1) is 0 Å². The van der Waals surface area contributed by atoms with Gasteiger partial charge in [0, 0.05) is 0 Å². The molecule has 0 fully saturated rings. The van der Waals surface area contributed by atoms with Gasteiger partial charge in [-0.15, -0.1) is 0 Å². The minimum absolute atomic E-state index is 1.11. The zero-order chi connectivity index (χ0) is 21.6. The first-order valence-electron chi connectivity index (χ1n) is 11.0. The Hall–Kier alpha value is -2.34. The van der Waals surface area contributed by atoms with Gasteiger partial charge in [0.1, 0.15) is 0 Å². The molecule has 0 saturated heterocycles. The third-order valence-corrected chi connectivity index (χ3v) is 3.72. The van der Waals surface area contributed by atoms with Crippen molar-refractivity contribution in [2.75, 3.05) is 0 Å². The van der Waals surface area contributed by atoms with E-state index in [2.05, 4.69) is 62.4 Å². The monoisotopic (exact) mass is 378 g/mol. The van der Waals surface area contributed by atoms with Gasteiger partial charge < -0.3 is 0 Å². The van der Waals surface area contributed by atoms with Gasteiger partial charge in [-0.2, -0.15) is 0 Å². The average Bonchev–Trinajstić information content (AvgIpc) is 2.84. The van der Waals surface area contributed by atoms with Gasteiger partial charge in [-0.1, -0.05) is 140 Å². The minimum atomic E-state index is 1.11. The Labute approximate surface area is 175 Å². The van der Waals surface area contributed by atoms with Crippen LogP contribution in [0.25, 0.3) is 11.1 Å².